The van der Waals surface area contributed by atoms with Gasteiger partial charge in [0.15, 0.2) is 0 Å². The summed E-state index contributed by atoms with van der Waals surface area (Å²) < 4.78 is 51.9. The normalized spacial score (nSPS) is 20.9. The minimum atomic E-state index is -4.29. The van der Waals surface area contributed by atoms with Crippen LogP contribution in [0.25, 0.3) is 0 Å². The monoisotopic (exact) mass is 510 g/mol. The molecule has 5 nitrogen and oxygen atoms in total. The second-order valence-electron chi connectivity index (χ2n) is 9.59. The third kappa shape index (κ3) is 6.48. The van der Waals surface area contributed by atoms with Gasteiger partial charge in [0, 0.05) is 31.7 Å². The number of rotatable bonds is 5. The molecule has 2 aliphatic rings. The maximum Gasteiger partial charge on any atom is 0.401 e. The van der Waals surface area contributed by atoms with Crippen molar-refractivity contribution in [1.82, 2.24) is 9.80 Å². The third-order valence-electron chi connectivity index (χ3n) is 6.41. The van der Waals surface area contributed by atoms with Crippen LogP contribution in [0.5, 0.6) is 5.75 Å². The van der Waals surface area contributed by atoms with E-state index in [1.165, 1.54) is 4.90 Å². The lowest BCUT2D eigenvalue weighted by Crippen LogP contribution is -2.59. The zero-order valence-electron chi connectivity index (χ0n) is 19.9. The maximum absolute atomic E-state index is 13.3. The van der Waals surface area contributed by atoms with Crippen molar-refractivity contribution < 1.29 is 27.4 Å². The summed E-state index contributed by atoms with van der Waals surface area (Å²) in [5, 5.41) is 0.363. The molecule has 4 rings (SSSR count). The number of nitrogens with zero attached hydrogens (tertiary/aromatic N) is 2. The molecule has 9 heteroatoms. The molecule has 0 N–H and O–H groups in total. The Labute approximate surface area is 208 Å². The molecule has 0 saturated carbocycles. The molecular weight excluding hydrogens is 481 g/mol. The van der Waals surface area contributed by atoms with E-state index in [1.54, 1.807) is 23.1 Å². The van der Waals surface area contributed by atoms with Gasteiger partial charge in [-0.25, -0.2) is 0 Å². The zero-order chi connectivity index (χ0) is 25.2. The number of morpholine rings is 1. The summed E-state index contributed by atoms with van der Waals surface area (Å²) in [4.78, 5) is 16.3. The number of alkyl halides is 3. The number of hydrogen-bond acceptors (Lipinski definition) is 4. The van der Waals surface area contributed by atoms with Crippen LogP contribution in [0, 0.1) is 0 Å². The smallest absolute Gasteiger partial charge is 0.401 e. The summed E-state index contributed by atoms with van der Waals surface area (Å²) in [6.45, 7) is 3.95. The molecule has 1 amide bonds. The van der Waals surface area contributed by atoms with Gasteiger partial charge in [0.25, 0.3) is 5.91 Å². The highest BCUT2D eigenvalue weighted by Crippen LogP contribution is 2.39. The van der Waals surface area contributed by atoms with E-state index in [9.17, 15) is 18.0 Å². The Morgan fingerprint density at radius 2 is 1.86 bits per heavy atom. The first-order chi connectivity index (χ1) is 16.5. The van der Waals surface area contributed by atoms with E-state index in [0.717, 1.165) is 5.56 Å². The van der Waals surface area contributed by atoms with Crippen LogP contribution in [0.15, 0.2) is 48.5 Å². The summed E-state index contributed by atoms with van der Waals surface area (Å²) >= 11 is 6.30. The maximum atomic E-state index is 13.3. The Bertz CT molecular complexity index is 1020. The Morgan fingerprint density at radius 1 is 1.17 bits per heavy atom. The molecule has 2 heterocycles. The highest BCUT2D eigenvalue weighted by molar-refractivity contribution is 6.32. The van der Waals surface area contributed by atoms with E-state index in [4.69, 9.17) is 21.1 Å². The summed E-state index contributed by atoms with van der Waals surface area (Å²) in [7, 11) is 0. The molecule has 190 valence electrons. The fourth-order valence-electron chi connectivity index (χ4n) is 4.86. The predicted molar refractivity (Wildman–Crippen MR) is 128 cm³/mol. The SMILES string of the molecule is CC(C)Oc1ccc(C(=O)N2CCC3(CC2)CN(CC(F)(F)F)CC(c2ccccc2)O3)cc1Cl. The topological polar surface area (TPSA) is 42.0 Å². The number of benzene rings is 2. The molecule has 2 aliphatic heterocycles. The number of piperidine rings is 1. The highest BCUT2D eigenvalue weighted by Gasteiger charge is 2.46. The first kappa shape index (κ1) is 25.8. The Hall–Kier alpha value is -2.29. The molecule has 35 heavy (non-hydrogen) atoms. The van der Waals surface area contributed by atoms with Crippen molar-refractivity contribution in [3.63, 3.8) is 0 Å². The van der Waals surface area contributed by atoms with Crippen LogP contribution in [0.2, 0.25) is 5.02 Å². The van der Waals surface area contributed by atoms with E-state index >= 15 is 0 Å². The molecule has 1 atom stereocenters. The van der Waals surface area contributed by atoms with Gasteiger partial charge in [-0.2, -0.15) is 13.2 Å². The first-order valence-corrected chi connectivity index (χ1v) is 12.2. The van der Waals surface area contributed by atoms with Crippen molar-refractivity contribution in [2.75, 3.05) is 32.7 Å². The molecule has 0 bridgehead atoms. The molecular formula is C26H30ClF3N2O3. The molecule has 1 spiro atoms. The summed E-state index contributed by atoms with van der Waals surface area (Å²) in [5.74, 6) is 0.351. The second kappa shape index (κ2) is 10.4. The van der Waals surface area contributed by atoms with Gasteiger partial charge in [-0.05, 0) is 50.5 Å². The van der Waals surface area contributed by atoms with Gasteiger partial charge in [0.05, 0.1) is 29.4 Å². The number of amides is 1. The quantitative estimate of drug-likeness (QED) is 0.514. The highest BCUT2D eigenvalue weighted by atomic mass is 35.5. The van der Waals surface area contributed by atoms with Gasteiger partial charge in [-0.3, -0.25) is 9.69 Å². The minimum Gasteiger partial charge on any atom is -0.489 e. The van der Waals surface area contributed by atoms with Crippen molar-refractivity contribution in [1.29, 1.82) is 0 Å². The predicted octanol–water partition coefficient (Wildman–Crippen LogP) is 5.74. The van der Waals surface area contributed by atoms with Gasteiger partial charge >= 0.3 is 6.18 Å². The van der Waals surface area contributed by atoms with E-state index in [0.29, 0.717) is 42.3 Å². The lowest BCUT2D eigenvalue weighted by atomic mass is 9.87. The van der Waals surface area contributed by atoms with Crippen LogP contribution in [0.3, 0.4) is 0 Å². The molecule has 2 fully saturated rings. The summed E-state index contributed by atoms with van der Waals surface area (Å²) in [6.07, 6.45) is -3.88. The average Bonchev–Trinajstić information content (AvgIpc) is 2.79. The van der Waals surface area contributed by atoms with E-state index in [2.05, 4.69) is 0 Å². The van der Waals surface area contributed by atoms with Gasteiger partial charge in [-0.1, -0.05) is 41.9 Å². The number of carbonyl (C=O) groups excluding carboxylic acids is 1. The van der Waals surface area contributed by atoms with Crippen LogP contribution in [0.1, 0.15) is 48.7 Å². The molecule has 1 unspecified atom stereocenters. The van der Waals surface area contributed by atoms with Crippen molar-refractivity contribution in [3.8, 4) is 5.75 Å². The van der Waals surface area contributed by atoms with E-state index in [1.807, 2.05) is 44.2 Å². The summed E-state index contributed by atoms with van der Waals surface area (Å²) in [5.41, 5.74) is 0.566. The fraction of sp³-hybridized carbons (Fsp3) is 0.500. The second-order valence-corrected chi connectivity index (χ2v) is 10.00. The first-order valence-electron chi connectivity index (χ1n) is 11.8. The van der Waals surface area contributed by atoms with Crippen molar-refractivity contribution in [2.24, 2.45) is 0 Å². The molecule has 0 aromatic heterocycles. The van der Waals surface area contributed by atoms with Gasteiger partial charge in [0.2, 0.25) is 0 Å². The van der Waals surface area contributed by atoms with Gasteiger partial charge in [-0.15, -0.1) is 0 Å². The standard InChI is InChI=1S/C26H30ClF3N2O3/c1-18(2)34-22-9-8-20(14-21(22)27)24(33)32-12-10-25(11-13-32)16-31(17-26(28,29)30)15-23(35-25)19-6-4-3-5-7-19/h3-9,14,18,23H,10-13,15-17H2,1-2H3. The molecule has 2 aromatic rings. The lowest BCUT2D eigenvalue weighted by Gasteiger charge is -2.50. The molecule has 2 aromatic carbocycles. The summed E-state index contributed by atoms with van der Waals surface area (Å²) in [6, 6.07) is 14.3. The molecule has 0 aliphatic carbocycles. The Kier molecular flexibility index (Phi) is 7.64. The number of hydrogen-bond donors (Lipinski definition) is 0. The van der Waals surface area contributed by atoms with Crippen molar-refractivity contribution >= 4 is 17.5 Å². The number of carbonyl (C=O) groups is 1. The Morgan fingerprint density at radius 3 is 2.46 bits per heavy atom. The lowest BCUT2D eigenvalue weighted by molar-refractivity contribution is -0.205. The van der Waals surface area contributed by atoms with Crippen LogP contribution in [-0.4, -0.2) is 66.3 Å². The van der Waals surface area contributed by atoms with Crippen LogP contribution in [-0.2, 0) is 4.74 Å². The average molecular weight is 511 g/mol. The number of likely N-dealkylation sites (tertiary alicyclic amines) is 1. The fourth-order valence-corrected chi connectivity index (χ4v) is 5.08. The van der Waals surface area contributed by atoms with E-state index < -0.39 is 24.4 Å². The minimum absolute atomic E-state index is 0.0422. The largest absolute Gasteiger partial charge is 0.489 e. The van der Waals surface area contributed by atoms with Crippen LogP contribution in [0.4, 0.5) is 13.2 Å². The van der Waals surface area contributed by atoms with Gasteiger partial charge in [0.1, 0.15) is 5.75 Å². The van der Waals surface area contributed by atoms with Crippen molar-refractivity contribution in [3.05, 3.63) is 64.7 Å². The zero-order valence-corrected chi connectivity index (χ0v) is 20.6. The van der Waals surface area contributed by atoms with Crippen LogP contribution >= 0.6 is 11.6 Å². The van der Waals surface area contributed by atoms with E-state index in [-0.39, 0.29) is 25.1 Å². The molecule has 2 saturated heterocycles. The van der Waals surface area contributed by atoms with Crippen molar-refractivity contribution in [2.45, 2.75) is 50.7 Å². The molecule has 0 radical (unpaired) electrons. The van der Waals surface area contributed by atoms with Gasteiger partial charge < -0.3 is 14.4 Å². The third-order valence-corrected chi connectivity index (χ3v) is 6.70. The number of ether oxygens (including phenoxy) is 2. The number of halogens is 4. The van der Waals surface area contributed by atoms with Crippen LogP contribution < -0.4 is 4.74 Å². The Balaban J connectivity index is 1.46.